The minimum absolute atomic E-state index is 0. The first-order valence-electron chi connectivity index (χ1n) is 2.23. The molecule has 0 rings (SSSR count). The van der Waals surface area contributed by atoms with Crippen molar-refractivity contribution in [2.24, 2.45) is 0 Å². The number of methoxy groups -OCH3 is 1. The van der Waals surface area contributed by atoms with Gasteiger partial charge in [0.25, 0.3) is 0 Å². The molecule has 0 heterocycles. The van der Waals surface area contributed by atoms with Gasteiger partial charge in [-0.3, -0.25) is 9.59 Å². The third-order valence-corrected chi connectivity index (χ3v) is 0.621. The summed E-state index contributed by atoms with van der Waals surface area (Å²) in [6.07, 6.45) is -0.115. The number of ketones is 1. The molecule has 0 fully saturated rings. The summed E-state index contributed by atoms with van der Waals surface area (Å²) in [6.45, 7) is 1.34. The molecule has 0 amide bonds. The Morgan fingerprint density at radius 3 is 1.80 bits per heavy atom. The Morgan fingerprint density at radius 1 is 1.30 bits per heavy atom. The van der Waals surface area contributed by atoms with E-state index >= 15 is 0 Å². The Kier molecular flexibility index (Phi) is 15.6. The number of hydrogen-bond acceptors (Lipinski definition) is 3. The minimum atomic E-state index is -0.475. The van der Waals surface area contributed by atoms with Crippen molar-refractivity contribution in [2.45, 2.75) is 13.3 Å². The Hall–Kier alpha value is 0.335. The van der Waals surface area contributed by atoms with Crippen LogP contribution in [0, 0.1) is 0 Å². The Labute approximate surface area is 84.2 Å². The molecule has 0 unspecified atom stereocenters. The number of carbonyl (C=O) groups is 2. The van der Waals surface area contributed by atoms with Gasteiger partial charge >= 0.3 is 43.7 Å². The fraction of sp³-hybridized carbons (Fsp3) is 0.600. The van der Waals surface area contributed by atoms with Gasteiger partial charge in [-0.25, -0.2) is 0 Å². The van der Waals surface area contributed by atoms with Crippen LogP contribution in [-0.2, 0) is 14.3 Å². The number of hydrogen-bond donors (Lipinski definition) is 0. The molecule has 0 atom stereocenters. The van der Waals surface area contributed by atoms with Gasteiger partial charge in [0.1, 0.15) is 12.2 Å². The van der Waals surface area contributed by atoms with Crippen molar-refractivity contribution in [3.05, 3.63) is 0 Å². The van der Waals surface area contributed by atoms with Gasteiger partial charge in [-0.2, -0.15) is 0 Å². The average Bonchev–Trinajstić information content (AvgIpc) is 1.65. The van der Waals surface area contributed by atoms with Gasteiger partial charge in [-0.15, -0.1) is 0 Å². The summed E-state index contributed by atoms with van der Waals surface area (Å²) in [6, 6.07) is 0. The molecule has 0 radical (unpaired) electrons. The molecule has 5 heteroatoms. The summed E-state index contributed by atoms with van der Waals surface area (Å²) in [5, 5.41) is 0. The SMILES string of the molecule is COC(=O)CC(C)=O.[LiH].[LiH]. The zero-order valence-electron chi connectivity index (χ0n) is 4.93. The summed E-state index contributed by atoms with van der Waals surface area (Å²) in [5.41, 5.74) is 0. The van der Waals surface area contributed by atoms with Crippen molar-refractivity contribution in [3.63, 3.8) is 0 Å². The molecule has 0 bridgehead atoms. The van der Waals surface area contributed by atoms with Gasteiger partial charge in [0, 0.05) is 0 Å². The molecule has 0 saturated carbocycles. The molecule has 0 spiro atoms. The van der Waals surface area contributed by atoms with Crippen LogP contribution in [0.1, 0.15) is 13.3 Å². The number of rotatable bonds is 2. The zero-order valence-corrected chi connectivity index (χ0v) is 4.93. The zero-order chi connectivity index (χ0) is 6.57. The van der Waals surface area contributed by atoms with Gasteiger partial charge < -0.3 is 4.74 Å². The summed E-state index contributed by atoms with van der Waals surface area (Å²) in [7, 11) is 1.26. The van der Waals surface area contributed by atoms with E-state index in [0.29, 0.717) is 0 Å². The van der Waals surface area contributed by atoms with E-state index in [2.05, 4.69) is 4.74 Å². The van der Waals surface area contributed by atoms with Crippen LogP contribution in [0.3, 0.4) is 0 Å². The van der Waals surface area contributed by atoms with Crippen LogP contribution in [0.25, 0.3) is 0 Å². The van der Waals surface area contributed by atoms with E-state index in [1.165, 1.54) is 14.0 Å². The molecule has 0 aromatic rings. The second-order valence-electron chi connectivity index (χ2n) is 1.45. The van der Waals surface area contributed by atoms with Gasteiger partial charge in [0.15, 0.2) is 0 Å². The fourth-order valence-corrected chi connectivity index (χ4v) is 0.275. The van der Waals surface area contributed by atoms with E-state index in [1.807, 2.05) is 0 Å². The van der Waals surface area contributed by atoms with Crippen molar-refractivity contribution in [1.29, 1.82) is 0 Å². The third kappa shape index (κ3) is 11.2. The molecular weight excluding hydrogens is 122 g/mol. The second kappa shape index (κ2) is 9.33. The molecule has 0 N–H and O–H groups in total. The first-order valence-corrected chi connectivity index (χ1v) is 2.23. The molecular formula is C5H10Li2O3. The van der Waals surface area contributed by atoms with Crippen LogP contribution >= 0.6 is 0 Å². The molecule has 50 valence electrons. The Balaban J connectivity index is -0.000000245. The van der Waals surface area contributed by atoms with E-state index < -0.39 is 5.97 Å². The third-order valence-electron chi connectivity index (χ3n) is 0.621. The van der Waals surface area contributed by atoms with Crippen LogP contribution in [-0.4, -0.2) is 56.6 Å². The molecule has 0 aliphatic rings. The monoisotopic (exact) mass is 132 g/mol. The normalized spacial score (nSPS) is 6.60. The predicted octanol–water partition coefficient (Wildman–Crippen LogP) is -1.16. The van der Waals surface area contributed by atoms with Crippen LogP contribution in [0.15, 0.2) is 0 Å². The van der Waals surface area contributed by atoms with Crippen molar-refractivity contribution in [3.8, 4) is 0 Å². The standard InChI is InChI=1S/C5H8O3.2Li.2H/c1-4(6)3-5(7)8-2;;;;/h3H2,1-2H3;;;;. The van der Waals surface area contributed by atoms with E-state index in [9.17, 15) is 9.59 Å². The topological polar surface area (TPSA) is 43.4 Å². The van der Waals surface area contributed by atoms with E-state index in [4.69, 9.17) is 0 Å². The molecule has 0 aromatic carbocycles. The summed E-state index contributed by atoms with van der Waals surface area (Å²) in [5.74, 6) is -0.644. The number of Topliss-reactive ketones (excluding diaryl/α,β-unsaturated/α-hetero) is 1. The molecule has 0 aliphatic heterocycles. The van der Waals surface area contributed by atoms with Crippen molar-refractivity contribution >= 4 is 49.5 Å². The first-order chi connectivity index (χ1) is 3.66. The molecule has 0 aliphatic carbocycles. The van der Waals surface area contributed by atoms with Crippen molar-refractivity contribution < 1.29 is 14.3 Å². The van der Waals surface area contributed by atoms with Gasteiger partial charge in [0.2, 0.25) is 0 Å². The fourth-order valence-electron chi connectivity index (χ4n) is 0.275. The second-order valence-corrected chi connectivity index (χ2v) is 1.45. The quantitative estimate of drug-likeness (QED) is 0.270. The molecule has 0 aromatic heterocycles. The van der Waals surface area contributed by atoms with E-state index in [1.54, 1.807) is 0 Å². The Bertz CT molecular complexity index is 113. The number of carbonyl (C=O) groups excluding carboxylic acids is 2. The van der Waals surface area contributed by atoms with E-state index in [-0.39, 0.29) is 49.9 Å². The maximum absolute atomic E-state index is 10.2. The first kappa shape index (κ1) is 16.7. The van der Waals surface area contributed by atoms with Gasteiger partial charge in [-0.05, 0) is 6.92 Å². The number of ether oxygens (including phenoxy) is 1. The van der Waals surface area contributed by atoms with Crippen molar-refractivity contribution in [1.82, 2.24) is 0 Å². The van der Waals surface area contributed by atoms with Gasteiger partial charge in [-0.1, -0.05) is 0 Å². The average molecular weight is 132 g/mol. The predicted molar refractivity (Wildman–Crippen MR) is 41.6 cm³/mol. The van der Waals surface area contributed by atoms with E-state index in [0.717, 1.165) is 0 Å². The summed E-state index contributed by atoms with van der Waals surface area (Å²) < 4.78 is 4.20. The number of esters is 1. The summed E-state index contributed by atoms with van der Waals surface area (Å²) >= 11 is 0. The van der Waals surface area contributed by atoms with Crippen LogP contribution in [0.4, 0.5) is 0 Å². The van der Waals surface area contributed by atoms with Crippen LogP contribution < -0.4 is 0 Å². The van der Waals surface area contributed by atoms with Crippen LogP contribution in [0.2, 0.25) is 0 Å². The molecule has 3 nitrogen and oxygen atoms in total. The van der Waals surface area contributed by atoms with Crippen LogP contribution in [0.5, 0.6) is 0 Å². The van der Waals surface area contributed by atoms with Crippen molar-refractivity contribution in [2.75, 3.05) is 7.11 Å². The molecule has 10 heavy (non-hydrogen) atoms. The van der Waals surface area contributed by atoms with Gasteiger partial charge in [0.05, 0.1) is 7.11 Å². The summed E-state index contributed by atoms with van der Waals surface area (Å²) in [4.78, 5) is 20.3. The Morgan fingerprint density at radius 2 is 1.70 bits per heavy atom. The maximum atomic E-state index is 10.2. The molecule has 0 saturated heterocycles.